The summed E-state index contributed by atoms with van der Waals surface area (Å²) in [5.74, 6) is -0.858. The van der Waals surface area contributed by atoms with Crippen LogP contribution in [0.25, 0.3) is 0 Å². The molecule has 8 nitrogen and oxygen atoms in total. The van der Waals surface area contributed by atoms with Gasteiger partial charge in [0.1, 0.15) is 5.82 Å². The molecule has 0 atom stereocenters. The van der Waals surface area contributed by atoms with Gasteiger partial charge in [-0.3, -0.25) is 14.5 Å². The van der Waals surface area contributed by atoms with E-state index in [1.54, 1.807) is 4.98 Å². The smallest absolute Gasteiger partial charge is 0.325 e. The van der Waals surface area contributed by atoms with Crippen LogP contribution in [0, 0.1) is 5.82 Å². The zero-order chi connectivity index (χ0) is 14.9. The molecule has 0 amide bonds. The van der Waals surface area contributed by atoms with E-state index in [0.29, 0.717) is 6.20 Å². The molecule has 0 bridgehead atoms. The van der Waals surface area contributed by atoms with Gasteiger partial charge in [0.15, 0.2) is 4.90 Å². The van der Waals surface area contributed by atoms with Crippen molar-refractivity contribution in [3.8, 4) is 0 Å². The maximum absolute atomic E-state index is 13.5. The van der Waals surface area contributed by atoms with Crippen LogP contribution >= 0.6 is 0 Å². The van der Waals surface area contributed by atoms with Gasteiger partial charge in [-0.1, -0.05) is 0 Å². The number of benzene rings is 1. The fourth-order valence-electron chi connectivity index (χ4n) is 1.42. The third-order valence-electron chi connectivity index (χ3n) is 2.31. The van der Waals surface area contributed by atoms with E-state index in [0.717, 1.165) is 12.1 Å². The number of nitrogen functional groups attached to an aromatic ring is 1. The molecule has 0 unspecified atom stereocenters. The van der Waals surface area contributed by atoms with Gasteiger partial charge in [-0.2, -0.15) is 0 Å². The highest BCUT2D eigenvalue weighted by atomic mass is 32.2. The first-order chi connectivity index (χ1) is 9.29. The Labute approximate surface area is 111 Å². The third kappa shape index (κ3) is 2.69. The topological polar surface area (TPSA) is 138 Å². The summed E-state index contributed by atoms with van der Waals surface area (Å²) >= 11 is 0. The number of hydrogen-bond acceptors (Lipinski definition) is 5. The van der Waals surface area contributed by atoms with E-state index < -0.39 is 37.7 Å². The van der Waals surface area contributed by atoms with E-state index in [1.807, 2.05) is 9.71 Å². The predicted molar refractivity (Wildman–Crippen MR) is 69.3 cm³/mol. The van der Waals surface area contributed by atoms with Gasteiger partial charge in [0.05, 0.1) is 5.69 Å². The van der Waals surface area contributed by atoms with Crippen molar-refractivity contribution in [2.24, 2.45) is 0 Å². The molecule has 10 heteroatoms. The molecule has 20 heavy (non-hydrogen) atoms. The van der Waals surface area contributed by atoms with Crippen molar-refractivity contribution in [3.05, 3.63) is 51.1 Å². The second-order valence-electron chi connectivity index (χ2n) is 3.78. The van der Waals surface area contributed by atoms with Crippen LogP contribution in [0.2, 0.25) is 0 Å². The second kappa shape index (κ2) is 4.81. The molecule has 2 aromatic rings. The van der Waals surface area contributed by atoms with Gasteiger partial charge >= 0.3 is 5.69 Å². The highest BCUT2D eigenvalue weighted by Gasteiger charge is 2.20. The van der Waals surface area contributed by atoms with E-state index in [2.05, 4.69) is 0 Å². The maximum Gasteiger partial charge on any atom is 0.325 e. The fourth-order valence-corrected chi connectivity index (χ4v) is 2.48. The minimum atomic E-state index is -4.36. The molecule has 0 aliphatic rings. The van der Waals surface area contributed by atoms with Gasteiger partial charge in [-0.25, -0.2) is 17.6 Å². The number of nitrogens with two attached hydrogens (primary N) is 1. The van der Waals surface area contributed by atoms with Gasteiger partial charge < -0.3 is 10.7 Å². The quantitative estimate of drug-likeness (QED) is 0.571. The molecular formula is C10H9FN4O4S. The largest absolute Gasteiger partial charge is 0.399 e. The van der Waals surface area contributed by atoms with Gasteiger partial charge in [0.2, 0.25) is 0 Å². The lowest BCUT2D eigenvalue weighted by atomic mass is 10.3. The Bertz CT molecular complexity index is 871. The Morgan fingerprint density at radius 1 is 1.25 bits per heavy atom. The number of halogens is 1. The Morgan fingerprint density at radius 3 is 2.60 bits per heavy atom. The van der Waals surface area contributed by atoms with Crippen LogP contribution in [0.5, 0.6) is 0 Å². The monoisotopic (exact) mass is 300 g/mol. The minimum absolute atomic E-state index is 0.138. The molecule has 0 fully saturated rings. The normalized spacial score (nSPS) is 11.2. The van der Waals surface area contributed by atoms with Crippen LogP contribution < -0.4 is 21.7 Å². The summed E-state index contributed by atoms with van der Waals surface area (Å²) in [5.41, 5.74) is 3.17. The lowest BCUT2D eigenvalue weighted by Gasteiger charge is -2.08. The zero-order valence-corrected chi connectivity index (χ0v) is 10.6. The lowest BCUT2D eigenvalue weighted by molar-refractivity contribution is 0.596. The summed E-state index contributed by atoms with van der Waals surface area (Å²) in [4.78, 5) is 25.3. The fraction of sp³-hybridized carbons (Fsp3) is 0. The van der Waals surface area contributed by atoms with Crippen LogP contribution in [0.15, 0.2) is 38.9 Å². The number of hydrogen-bond donors (Lipinski definition) is 4. The zero-order valence-electron chi connectivity index (χ0n) is 9.81. The summed E-state index contributed by atoms with van der Waals surface area (Å²) in [5, 5.41) is 0. The SMILES string of the molecule is Nc1ccc(F)c(NS(=O)(=O)c2c[nH]c(=O)[nH]c2=O)c1. The second-order valence-corrected chi connectivity index (χ2v) is 5.43. The molecule has 0 radical (unpaired) electrons. The van der Waals surface area contributed by atoms with Crippen LogP contribution in [-0.2, 0) is 10.0 Å². The standard InChI is InChI=1S/C10H9FN4O4S/c11-6-2-1-5(12)3-7(6)15-20(18,19)8-4-13-10(17)14-9(8)16/h1-4,15H,12H2,(H2,13,14,16,17). The van der Waals surface area contributed by atoms with Crippen molar-refractivity contribution in [1.29, 1.82) is 0 Å². The number of nitrogens with one attached hydrogen (secondary N) is 3. The Hall–Kier alpha value is -2.62. The highest BCUT2D eigenvalue weighted by Crippen LogP contribution is 2.20. The summed E-state index contributed by atoms with van der Waals surface area (Å²) < 4.78 is 39.2. The molecule has 1 aromatic carbocycles. The summed E-state index contributed by atoms with van der Waals surface area (Å²) in [6.45, 7) is 0. The first-order valence-electron chi connectivity index (χ1n) is 5.19. The van der Waals surface area contributed by atoms with E-state index in [-0.39, 0.29) is 5.69 Å². The Morgan fingerprint density at radius 2 is 1.95 bits per heavy atom. The van der Waals surface area contributed by atoms with Gasteiger partial charge in [-0.15, -0.1) is 0 Å². The average molecular weight is 300 g/mol. The number of aromatic amines is 2. The number of rotatable bonds is 3. The molecule has 1 aromatic heterocycles. The van der Waals surface area contributed by atoms with Crippen molar-refractivity contribution in [1.82, 2.24) is 9.97 Å². The van der Waals surface area contributed by atoms with Crippen LogP contribution in [0.1, 0.15) is 0 Å². The average Bonchev–Trinajstić information content (AvgIpc) is 2.33. The van der Waals surface area contributed by atoms with Crippen molar-refractivity contribution in [2.75, 3.05) is 10.5 Å². The van der Waals surface area contributed by atoms with E-state index in [9.17, 15) is 22.4 Å². The molecule has 5 N–H and O–H groups in total. The lowest BCUT2D eigenvalue weighted by Crippen LogP contribution is -2.29. The predicted octanol–water partition coefficient (Wildman–Crippen LogP) is -0.415. The number of sulfonamides is 1. The Kier molecular flexibility index (Phi) is 3.32. The number of anilines is 2. The molecule has 1 heterocycles. The van der Waals surface area contributed by atoms with Crippen LogP contribution in [0.4, 0.5) is 15.8 Å². The summed E-state index contributed by atoms with van der Waals surface area (Å²) in [6, 6.07) is 3.29. The molecule has 0 aliphatic heterocycles. The molecule has 2 rings (SSSR count). The number of aromatic nitrogens is 2. The van der Waals surface area contributed by atoms with Crippen molar-refractivity contribution in [2.45, 2.75) is 4.90 Å². The van der Waals surface area contributed by atoms with E-state index in [1.165, 1.54) is 6.07 Å². The molecule has 0 spiro atoms. The molecule has 0 saturated carbocycles. The molecule has 0 saturated heterocycles. The highest BCUT2D eigenvalue weighted by molar-refractivity contribution is 7.92. The van der Waals surface area contributed by atoms with Gasteiger partial charge in [-0.05, 0) is 18.2 Å². The van der Waals surface area contributed by atoms with Crippen molar-refractivity contribution in [3.63, 3.8) is 0 Å². The summed E-state index contributed by atoms with van der Waals surface area (Å²) in [6.07, 6.45) is 0.716. The molecule has 106 valence electrons. The molecular weight excluding hydrogens is 291 g/mol. The van der Waals surface area contributed by atoms with Gasteiger partial charge in [0.25, 0.3) is 15.6 Å². The van der Waals surface area contributed by atoms with E-state index in [4.69, 9.17) is 5.73 Å². The number of H-pyrrole nitrogens is 2. The van der Waals surface area contributed by atoms with Crippen molar-refractivity contribution < 1.29 is 12.8 Å². The van der Waals surface area contributed by atoms with Crippen LogP contribution in [-0.4, -0.2) is 18.4 Å². The van der Waals surface area contributed by atoms with Crippen molar-refractivity contribution >= 4 is 21.4 Å². The Balaban J connectivity index is 2.49. The third-order valence-corrected chi connectivity index (χ3v) is 3.68. The minimum Gasteiger partial charge on any atom is -0.399 e. The van der Waals surface area contributed by atoms with E-state index >= 15 is 0 Å². The van der Waals surface area contributed by atoms with Gasteiger partial charge in [0, 0.05) is 11.9 Å². The molecule has 0 aliphatic carbocycles. The maximum atomic E-state index is 13.5. The van der Waals surface area contributed by atoms with Crippen LogP contribution in [0.3, 0.4) is 0 Å². The first-order valence-corrected chi connectivity index (χ1v) is 6.68. The first kappa shape index (κ1) is 13.8. The summed E-state index contributed by atoms with van der Waals surface area (Å²) in [7, 11) is -4.36.